The van der Waals surface area contributed by atoms with Crippen LogP contribution >= 0.6 is 0 Å². The molecule has 0 aliphatic carbocycles. The van der Waals surface area contributed by atoms with Crippen molar-refractivity contribution >= 4 is 12.4 Å². The third-order valence-electron chi connectivity index (χ3n) is 3.82. The molecule has 1 saturated heterocycles. The largest absolute Gasteiger partial charge is 2.00 e. The van der Waals surface area contributed by atoms with Gasteiger partial charge in [0.25, 0.3) is 0 Å². The minimum Gasteiger partial charge on any atom is -0.662 e. The number of para-hydroxylation sites is 2. The SMILES string of the molecule is C1CC[N-]CC1.Oc1ccccc1C=NCCN=Cc1ccccc1O.[CH3-].[Rh+2]. The van der Waals surface area contributed by atoms with Crippen molar-refractivity contribution in [3.63, 3.8) is 0 Å². The van der Waals surface area contributed by atoms with Gasteiger partial charge in [-0.25, -0.2) is 0 Å². The van der Waals surface area contributed by atoms with Crippen molar-refractivity contribution < 1.29 is 29.7 Å². The number of hydrogen-bond donors (Lipinski definition) is 2. The van der Waals surface area contributed by atoms with Crippen LogP contribution in [0, 0.1) is 7.43 Å². The van der Waals surface area contributed by atoms with E-state index in [1.165, 1.54) is 19.3 Å². The van der Waals surface area contributed by atoms with Crippen LogP contribution in [-0.4, -0.2) is 48.8 Å². The number of piperidine rings is 1. The van der Waals surface area contributed by atoms with Gasteiger partial charge in [0.1, 0.15) is 11.5 Å². The van der Waals surface area contributed by atoms with Gasteiger partial charge in [0, 0.05) is 23.6 Å². The van der Waals surface area contributed by atoms with E-state index in [1.807, 2.05) is 12.1 Å². The zero-order valence-corrected chi connectivity index (χ0v) is 17.9. The third kappa shape index (κ3) is 10.3. The van der Waals surface area contributed by atoms with Gasteiger partial charge in [-0.3, -0.25) is 9.98 Å². The monoisotopic (exact) mass is 470 g/mol. The minimum absolute atomic E-state index is 0. The standard InChI is InChI=1S/C16H16N2O2.C5H10N.CH3.Rh/c19-15-7-3-1-5-13(15)11-17-9-10-18-12-14-6-2-4-8-16(14)20;1-2-4-6-5-3-1;;/h1-8,11-12,19-20H,9-10H2;1-5H2;1H3;/q;2*-1;+2. The van der Waals surface area contributed by atoms with Gasteiger partial charge >= 0.3 is 19.5 Å². The van der Waals surface area contributed by atoms with Crippen molar-refractivity contribution in [1.29, 1.82) is 0 Å². The van der Waals surface area contributed by atoms with Crippen molar-refractivity contribution in [2.75, 3.05) is 26.2 Å². The van der Waals surface area contributed by atoms with E-state index in [0.29, 0.717) is 24.2 Å². The Balaban J connectivity index is 0.000000782. The van der Waals surface area contributed by atoms with Crippen LogP contribution in [0.2, 0.25) is 0 Å². The van der Waals surface area contributed by atoms with Crippen molar-refractivity contribution in [2.24, 2.45) is 9.98 Å². The van der Waals surface area contributed by atoms with E-state index in [2.05, 4.69) is 15.3 Å². The fraction of sp³-hybridized carbons (Fsp3) is 0.318. The molecule has 0 bridgehead atoms. The Bertz CT molecular complexity index is 649. The third-order valence-corrected chi connectivity index (χ3v) is 3.82. The van der Waals surface area contributed by atoms with Gasteiger partial charge in [-0.2, -0.15) is 0 Å². The van der Waals surface area contributed by atoms with Crippen LogP contribution in [0.4, 0.5) is 0 Å². The minimum atomic E-state index is 0. The van der Waals surface area contributed by atoms with Crippen LogP contribution in [0.1, 0.15) is 30.4 Å². The van der Waals surface area contributed by atoms with Crippen LogP contribution in [0.15, 0.2) is 58.5 Å². The van der Waals surface area contributed by atoms with E-state index >= 15 is 0 Å². The van der Waals surface area contributed by atoms with Gasteiger partial charge in [0.2, 0.25) is 0 Å². The van der Waals surface area contributed by atoms with Gasteiger partial charge in [-0.05, 0) is 24.3 Å². The van der Waals surface area contributed by atoms with E-state index in [1.54, 1.807) is 48.8 Å². The zero-order chi connectivity index (χ0) is 18.5. The second-order valence-corrected chi connectivity index (χ2v) is 5.92. The summed E-state index contributed by atoms with van der Waals surface area (Å²) < 4.78 is 0. The zero-order valence-electron chi connectivity index (χ0n) is 16.3. The Morgan fingerprint density at radius 3 is 1.50 bits per heavy atom. The Morgan fingerprint density at radius 1 is 0.750 bits per heavy atom. The number of aromatic hydroxyl groups is 2. The molecule has 1 radical (unpaired) electrons. The average Bonchev–Trinajstić information content (AvgIpc) is 2.69. The summed E-state index contributed by atoms with van der Waals surface area (Å²) in [6, 6.07) is 14.1. The molecule has 28 heavy (non-hydrogen) atoms. The summed E-state index contributed by atoms with van der Waals surface area (Å²) in [5, 5.41) is 23.3. The fourth-order valence-electron chi connectivity index (χ4n) is 2.37. The molecule has 0 amide bonds. The van der Waals surface area contributed by atoms with Crippen LogP contribution in [0.3, 0.4) is 0 Å². The van der Waals surface area contributed by atoms with E-state index < -0.39 is 0 Å². The van der Waals surface area contributed by atoms with E-state index in [4.69, 9.17) is 0 Å². The van der Waals surface area contributed by atoms with Gasteiger partial charge in [-0.1, -0.05) is 43.5 Å². The van der Waals surface area contributed by atoms with Gasteiger partial charge in [-0.15, -0.1) is 13.1 Å². The summed E-state index contributed by atoms with van der Waals surface area (Å²) in [6.07, 6.45) is 7.33. The van der Waals surface area contributed by atoms with Crippen molar-refractivity contribution in [3.8, 4) is 11.5 Å². The predicted molar refractivity (Wildman–Crippen MR) is 114 cm³/mol. The molecule has 3 rings (SSSR count). The molecule has 1 aliphatic rings. The van der Waals surface area contributed by atoms with Crippen LogP contribution in [-0.2, 0) is 19.5 Å². The van der Waals surface area contributed by atoms with Gasteiger partial charge in [0.05, 0.1) is 13.1 Å². The second-order valence-electron chi connectivity index (χ2n) is 5.92. The Morgan fingerprint density at radius 2 is 1.18 bits per heavy atom. The first-order valence-electron chi connectivity index (χ1n) is 8.96. The Hall–Kier alpha value is -2.04. The summed E-state index contributed by atoms with van der Waals surface area (Å²) >= 11 is 0. The number of phenolic OH excluding ortho intramolecular Hbond substituents is 2. The molecule has 5 nitrogen and oxygen atoms in total. The first-order valence-corrected chi connectivity index (χ1v) is 8.96. The number of hydrogen-bond acceptors (Lipinski definition) is 4. The molecular weight excluding hydrogens is 441 g/mol. The molecule has 1 aliphatic heterocycles. The molecule has 2 N–H and O–H groups in total. The molecule has 2 aromatic rings. The topological polar surface area (TPSA) is 79.3 Å². The molecule has 2 aromatic carbocycles. The smallest absolute Gasteiger partial charge is 0.662 e. The second kappa shape index (κ2) is 16.0. The molecule has 1 fully saturated rings. The average molecular weight is 470 g/mol. The first-order chi connectivity index (χ1) is 12.8. The number of aliphatic imine (C=N–C) groups is 2. The fourth-order valence-corrected chi connectivity index (χ4v) is 2.37. The number of benzene rings is 2. The molecule has 153 valence electrons. The molecule has 1 heterocycles. The Kier molecular flexibility index (Phi) is 14.8. The molecule has 0 spiro atoms. The predicted octanol–water partition coefficient (Wildman–Crippen LogP) is 4.63. The Labute approximate surface area is 181 Å². The summed E-state index contributed by atoms with van der Waals surface area (Å²) in [7, 11) is 0. The van der Waals surface area contributed by atoms with Crippen LogP contribution < -0.4 is 0 Å². The van der Waals surface area contributed by atoms with Gasteiger partial charge < -0.3 is 23.0 Å². The first kappa shape index (κ1) is 26.0. The summed E-state index contributed by atoms with van der Waals surface area (Å²) in [4.78, 5) is 8.39. The van der Waals surface area contributed by atoms with Crippen LogP contribution in [0.5, 0.6) is 11.5 Å². The summed E-state index contributed by atoms with van der Waals surface area (Å²) in [6.45, 7) is 3.30. The quantitative estimate of drug-likeness (QED) is 0.289. The maximum absolute atomic E-state index is 9.54. The molecule has 6 heteroatoms. The molecule has 0 unspecified atom stereocenters. The van der Waals surface area contributed by atoms with E-state index in [9.17, 15) is 10.2 Å². The molecule has 0 aromatic heterocycles. The van der Waals surface area contributed by atoms with Crippen molar-refractivity contribution in [2.45, 2.75) is 19.3 Å². The number of nitrogens with zero attached hydrogens (tertiary/aromatic N) is 3. The van der Waals surface area contributed by atoms with Crippen molar-refractivity contribution in [3.05, 3.63) is 72.4 Å². The number of rotatable bonds is 5. The summed E-state index contributed by atoms with van der Waals surface area (Å²) in [5.41, 5.74) is 1.38. The maximum Gasteiger partial charge on any atom is 2.00 e. The van der Waals surface area contributed by atoms with Crippen molar-refractivity contribution in [1.82, 2.24) is 0 Å². The van der Waals surface area contributed by atoms with Crippen LogP contribution in [0.25, 0.3) is 5.32 Å². The molecule has 0 atom stereocenters. The molecule has 0 saturated carbocycles. The normalized spacial score (nSPS) is 13.3. The maximum atomic E-state index is 9.54. The van der Waals surface area contributed by atoms with E-state index in [-0.39, 0.29) is 38.4 Å². The van der Waals surface area contributed by atoms with Gasteiger partial charge in [0.15, 0.2) is 0 Å². The summed E-state index contributed by atoms with van der Waals surface area (Å²) in [5.74, 6) is 0.433. The number of phenols is 2. The molecular formula is C22H29N3O2Rh. The van der Waals surface area contributed by atoms with E-state index in [0.717, 1.165) is 13.1 Å².